The summed E-state index contributed by atoms with van der Waals surface area (Å²) in [7, 11) is 0. The molecule has 1 aromatic heterocycles. The molecule has 0 radical (unpaired) electrons. The van der Waals surface area contributed by atoms with E-state index < -0.39 is 0 Å². The summed E-state index contributed by atoms with van der Waals surface area (Å²) >= 11 is 1.59. The van der Waals surface area contributed by atoms with Crippen molar-refractivity contribution in [1.29, 1.82) is 0 Å². The van der Waals surface area contributed by atoms with Crippen molar-refractivity contribution in [2.75, 3.05) is 13.1 Å². The van der Waals surface area contributed by atoms with Gasteiger partial charge in [0.15, 0.2) is 0 Å². The van der Waals surface area contributed by atoms with E-state index >= 15 is 0 Å². The number of amides is 1. The summed E-state index contributed by atoms with van der Waals surface area (Å²) in [5, 5.41) is 3.97. The average molecular weight is 275 g/mol. The Labute approximate surface area is 112 Å². The highest BCUT2D eigenvalue weighted by Gasteiger charge is 2.27. The van der Waals surface area contributed by atoms with Crippen LogP contribution in [-0.2, 0) is 0 Å². The van der Waals surface area contributed by atoms with Gasteiger partial charge in [0.05, 0.1) is 5.56 Å². The first-order chi connectivity index (χ1) is 7.74. The smallest absolute Gasteiger partial charge is 0.255 e. The van der Waals surface area contributed by atoms with Gasteiger partial charge in [-0.2, -0.15) is 11.3 Å². The Kier molecular flexibility index (Phi) is 5.43. The predicted molar refractivity (Wildman–Crippen MR) is 74.0 cm³/mol. The molecule has 1 aliphatic rings. The van der Waals surface area contributed by atoms with E-state index in [1.165, 1.54) is 6.42 Å². The van der Waals surface area contributed by atoms with Crippen LogP contribution >= 0.6 is 23.7 Å². The maximum atomic E-state index is 12.3. The number of piperidine rings is 1. The molecule has 1 unspecified atom stereocenters. The molecule has 1 atom stereocenters. The number of rotatable bonds is 2. The number of hydrogen-bond donors (Lipinski definition) is 1. The van der Waals surface area contributed by atoms with E-state index in [0.717, 1.165) is 30.5 Å². The molecule has 3 nitrogen and oxygen atoms in total. The summed E-state index contributed by atoms with van der Waals surface area (Å²) in [6.07, 6.45) is 3.34. The van der Waals surface area contributed by atoms with E-state index in [9.17, 15) is 4.79 Å². The third kappa shape index (κ3) is 3.00. The molecule has 2 heterocycles. The Morgan fingerprint density at radius 2 is 2.29 bits per heavy atom. The Balaban J connectivity index is 0.00000144. The number of thiophene rings is 1. The molecule has 5 heteroatoms. The summed E-state index contributed by atoms with van der Waals surface area (Å²) in [6.45, 7) is 3.43. The van der Waals surface area contributed by atoms with Crippen LogP contribution in [0.5, 0.6) is 0 Å². The van der Waals surface area contributed by atoms with Gasteiger partial charge in [0, 0.05) is 24.5 Å². The van der Waals surface area contributed by atoms with Crippen molar-refractivity contribution < 1.29 is 4.79 Å². The van der Waals surface area contributed by atoms with Gasteiger partial charge in [0.1, 0.15) is 0 Å². The minimum absolute atomic E-state index is 0. The third-order valence-corrected chi connectivity index (χ3v) is 4.11. The molecule has 1 aromatic rings. The van der Waals surface area contributed by atoms with E-state index in [1.54, 1.807) is 11.3 Å². The van der Waals surface area contributed by atoms with Crippen molar-refractivity contribution in [3.05, 3.63) is 21.9 Å². The summed E-state index contributed by atoms with van der Waals surface area (Å²) in [6, 6.07) is 0.237. The highest BCUT2D eigenvalue weighted by molar-refractivity contribution is 7.08. The zero-order chi connectivity index (χ0) is 11.5. The second-order valence-electron chi connectivity index (χ2n) is 4.35. The molecular weight excluding hydrogens is 256 g/mol. The quantitative estimate of drug-likeness (QED) is 0.900. The van der Waals surface area contributed by atoms with Gasteiger partial charge < -0.3 is 10.6 Å². The second-order valence-corrected chi connectivity index (χ2v) is 5.10. The first-order valence-corrected chi connectivity index (χ1v) is 6.72. The molecule has 1 saturated heterocycles. The maximum absolute atomic E-state index is 12.3. The van der Waals surface area contributed by atoms with Crippen LogP contribution in [0.25, 0.3) is 0 Å². The van der Waals surface area contributed by atoms with Gasteiger partial charge in [-0.1, -0.05) is 0 Å². The highest BCUT2D eigenvalue weighted by Crippen LogP contribution is 2.22. The average Bonchev–Trinajstić information content (AvgIpc) is 2.74. The monoisotopic (exact) mass is 274 g/mol. The first-order valence-electron chi connectivity index (χ1n) is 5.78. The largest absolute Gasteiger partial charge is 0.334 e. The Hall–Kier alpha value is -0.580. The Morgan fingerprint density at radius 3 is 2.88 bits per heavy atom. The summed E-state index contributed by atoms with van der Waals surface area (Å²) in [5.74, 6) is 0.161. The van der Waals surface area contributed by atoms with Crippen LogP contribution in [0.4, 0.5) is 0 Å². The van der Waals surface area contributed by atoms with Gasteiger partial charge in [-0.15, -0.1) is 12.4 Å². The molecule has 0 spiro atoms. The molecular formula is C12H19ClN2OS. The second kappa shape index (κ2) is 6.38. The van der Waals surface area contributed by atoms with Crippen molar-refractivity contribution in [1.82, 2.24) is 4.90 Å². The first kappa shape index (κ1) is 14.5. The van der Waals surface area contributed by atoms with Crippen LogP contribution < -0.4 is 5.73 Å². The zero-order valence-corrected chi connectivity index (χ0v) is 11.6. The van der Waals surface area contributed by atoms with Crippen LogP contribution in [0.15, 0.2) is 10.8 Å². The minimum Gasteiger partial charge on any atom is -0.334 e. The number of carbonyl (C=O) groups is 1. The van der Waals surface area contributed by atoms with Crippen molar-refractivity contribution in [2.45, 2.75) is 32.2 Å². The fourth-order valence-corrected chi connectivity index (χ4v) is 3.07. The van der Waals surface area contributed by atoms with Crippen LogP contribution in [-0.4, -0.2) is 29.9 Å². The lowest BCUT2D eigenvalue weighted by Gasteiger charge is -2.35. The van der Waals surface area contributed by atoms with Gasteiger partial charge >= 0.3 is 0 Å². The number of halogens is 1. The van der Waals surface area contributed by atoms with Crippen LogP contribution in [0, 0.1) is 6.92 Å². The lowest BCUT2D eigenvalue weighted by molar-refractivity contribution is 0.0623. The number of nitrogens with two attached hydrogens (primary N) is 1. The molecule has 96 valence electrons. The zero-order valence-electron chi connectivity index (χ0n) is 10.0. The van der Waals surface area contributed by atoms with Crippen molar-refractivity contribution >= 4 is 29.7 Å². The number of nitrogens with zero attached hydrogens (tertiary/aromatic N) is 1. The molecule has 1 fully saturated rings. The third-order valence-electron chi connectivity index (χ3n) is 3.25. The Bertz CT molecular complexity index is 380. The van der Waals surface area contributed by atoms with E-state index in [2.05, 4.69) is 0 Å². The number of likely N-dealkylation sites (tertiary alicyclic amines) is 1. The van der Waals surface area contributed by atoms with Gasteiger partial charge in [-0.25, -0.2) is 0 Å². The van der Waals surface area contributed by atoms with E-state index in [4.69, 9.17) is 5.73 Å². The normalized spacial score (nSPS) is 19.9. The fourth-order valence-electron chi connectivity index (χ4n) is 2.25. The van der Waals surface area contributed by atoms with Gasteiger partial charge in [-0.3, -0.25) is 4.79 Å². The lowest BCUT2D eigenvalue weighted by Crippen LogP contribution is -2.47. The fraction of sp³-hybridized carbons (Fsp3) is 0.583. The molecule has 2 N–H and O–H groups in total. The van der Waals surface area contributed by atoms with E-state index in [-0.39, 0.29) is 24.4 Å². The van der Waals surface area contributed by atoms with Crippen molar-refractivity contribution in [2.24, 2.45) is 5.73 Å². The van der Waals surface area contributed by atoms with E-state index in [1.807, 2.05) is 22.6 Å². The standard InChI is InChI=1S/C12H18N2OS.ClH/c1-9-7-16-8-11(9)12(15)14-5-3-2-4-10(14)6-13;/h7-8,10H,2-6,13H2,1H3;1H. The molecule has 2 rings (SSSR count). The maximum Gasteiger partial charge on any atom is 0.255 e. The van der Waals surface area contributed by atoms with Crippen LogP contribution in [0.2, 0.25) is 0 Å². The summed E-state index contributed by atoms with van der Waals surface area (Å²) < 4.78 is 0. The summed E-state index contributed by atoms with van der Waals surface area (Å²) in [5.41, 5.74) is 7.66. The molecule has 0 saturated carbocycles. The van der Waals surface area contributed by atoms with Crippen LogP contribution in [0.3, 0.4) is 0 Å². The molecule has 1 amide bonds. The van der Waals surface area contributed by atoms with Gasteiger partial charge in [0.2, 0.25) is 0 Å². The van der Waals surface area contributed by atoms with E-state index in [0.29, 0.717) is 6.54 Å². The molecule has 1 aliphatic heterocycles. The lowest BCUT2D eigenvalue weighted by atomic mass is 10.0. The SMILES string of the molecule is Cc1cscc1C(=O)N1CCCCC1CN.Cl. The number of carbonyl (C=O) groups excluding carboxylic acids is 1. The summed E-state index contributed by atoms with van der Waals surface area (Å²) in [4.78, 5) is 14.3. The molecule has 0 bridgehead atoms. The van der Waals surface area contributed by atoms with Crippen molar-refractivity contribution in [3.63, 3.8) is 0 Å². The Morgan fingerprint density at radius 1 is 1.53 bits per heavy atom. The molecule has 0 aromatic carbocycles. The van der Waals surface area contributed by atoms with Gasteiger partial charge in [0.25, 0.3) is 5.91 Å². The number of aryl methyl sites for hydroxylation is 1. The van der Waals surface area contributed by atoms with Gasteiger partial charge in [-0.05, 0) is 37.1 Å². The van der Waals surface area contributed by atoms with Crippen molar-refractivity contribution in [3.8, 4) is 0 Å². The predicted octanol–water partition coefficient (Wildman–Crippen LogP) is 2.43. The highest BCUT2D eigenvalue weighted by atomic mass is 35.5. The molecule has 0 aliphatic carbocycles. The minimum atomic E-state index is 0. The number of hydrogen-bond acceptors (Lipinski definition) is 3. The van der Waals surface area contributed by atoms with Crippen LogP contribution in [0.1, 0.15) is 35.2 Å². The topological polar surface area (TPSA) is 46.3 Å². The molecule has 17 heavy (non-hydrogen) atoms.